The van der Waals surface area contributed by atoms with Gasteiger partial charge < -0.3 is 20.3 Å². The number of anilines is 1. The first kappa shape index (κ1) is 20.3. The molecule has 0 aliphatic carbocycles. The number of amides is 1. The largest absolute Gasteiger partial charge is 0.444 e. The standard InChI is InChI=1S/C19H30IN3O2/c1-12-15(11-21)13(2)17(14(3)16(12)20)22-7-9-23(10-8-22)18(24)25-19(4,5)6/h7-11,21H2,1-6H3. The van der Waals surface area contributed by atoms with Crippen molar-refractivity contribution in [2.24, 2.45) is 5.73 Å². The minimum absolute atomic E-state index is 0.221. The van der Waals surface area contributed by atoms with Gasteiger partial charge in [-0.15, -0.1) is 0 Å². The number of halogens is 1. The van der Waals surface area contributed by atoms with E-state index in [-0.39, 0.29) is 6.09 Å². The molecule has 1 aromatic rings. The molecule has 0 spiro atoms. The molecule has 0 atom stereocenters. The van der Waals surface area contributed by atoms with E-state index in [0.29, 0.717) is 19.6 Å². The second kappa shape index (κ2) is 7.70. The number of carbonyl (C=O) groups is 1. The fraction of sp³-hybridized carbons (Fsp3) is 0.632. The summed E-state index contributed by atoms with van der Waals surface area (Å²) in [6.07, 6.45) is -0.221. The molecular formula is C19H30IN3O2. The summed E-state index contributed by atoms with van der Waals surface area (Å²) < 4.78 is 6.77. The van der Waals surface area contributed by atoms with Crippen LogP contribution in [0.2, 0.25) is 0 Å². The third-order valence-corrected chi connectivity index (χ3v) is 6.34. The molecule has 1 heterocycles. The average molecular weight is 459 g/mol. The highest BCUT2D eigenvalue weighted by Gasteiger charge is 2.28. The molecule has 1 aliphatic heterocycles. The Kier molecular flexibility index (Phi) is 6.25. The van der Waals surface area contributed by atoms with Crippen molar-refractivity contribution in [2.75, 3.05) is 31.1 Å². The lowest BCUT2D eigenvalue weighted by Crippen LogP contribution is -2.50. The number of hydrogen-bond donors (Lipinski definition) is 1. The van der Waals surface area contributed by atoms with Crippen LogP contribution >= 0.6 is 22.6 Å². The first-order valence-electron chi connectivity index (χ1n) is 8.78. The van der Waals surface area contributed by atoms with Crippen molar-refractivity contribution in [1.82, 2.24) is 4.90 Å². The van der Waals surface area contributed by atoms with Crippen LogP contribution in [-0.2, 0) is 11.3 Å². The smallest absolute Gasteiger partial charge is 0.410 e. The lowest BCUT2D eigenvalue weighted by molar-refractivity contribution is 0.0240. The summed E-state index contributed by atoms with van der Waals surface area (Å²) >= 11 is 2.42. The first-order chi connectivity index (χ1) is 11.6. The lowest BCUT2D eigenvalue weighted by atomic mass is 9.96. The normalized spacial score (nSPS) is 15.5. The van der Waals surface area contributed by atoms with Crippen molar-refractivity contribution in [3.05, 3.63) is 25.8 Å². The van der Waals surface area contributed by atoms with Gasteiger partial charge in [-0.05, 0) is 86.4 Å². The second-order valence-corrected chi connectivity index (χ2v) is 8.75. The maximum Gasteiger partial charge on any atom is 0.410 e. The van der Waals surface area contributed by atoms with Crippen molar-refractivity contribution >= 4 is 34.4 Å². The van der Waals surface area contributed by atoms with Gasteiger partial charge in [0.25, 0.3) is 0 Å². The average Bonchev–Trinajstić information content (AvgIpc) is 2.52. The number of hydrogen-bond acceptors (Lipinski definition) is 4. The van der Waals surface area contributed by atoms with Gasteiger partial charge in [0, 0.05) is 42.0 Å². The van der Waals surface area contributed by atoms with Crippen molar-refractivity contribution in [2.45, 2.75) is 53.7 Å². The van der Waals surface area contributed by atoms with E-state index in [1.165, 1.54) is 31.5 Å². The van der Waals surface area contributed by atoms with Gasteiger partial charge in [0.05, 0.1) is 0 Å². The van der Waals surface area contributed by atoms with Gasteiger partial charge >= 0.3 is 6.09 Å². The molecule has 1 amide bonds. The maximum atomic E-state index is 12.3. The summed E-state index contributed by atoms with van der Waals surface area (Å²) in [6, 6.07) is 0. The zero-order valence-electron chi connectivity index (χ0n) is 16.2. The predicted octanol–water partition coefficient (Wildman–Crippen LogP) is 3.73. The van der Waals surface area contributed by atoms with E-state index < -0.39 is 5.60 Å². The van der Waals surface area contributed by atoms with Crippen LogP contribution in [0.25, 0.3) is 0 Å². The molecule has 0 aromatic heterocycles. The zero-order chi connectivity index (χ0) is 18.9. The molecule has 1 saturated heterocycles. The highest BCUT2D eigenvalue weighted by Crippen LogP contribution is 2.35. The maximum absolute atomic E-state index is 12.3. The number of rotatable bonds is 2. The Balaban J connectivity index is 2.19. The number of nitrogens with two attached hydrogens (primary N) is 1. The van der Waals surface area contributed by atoms with E-state index >= 15 is 0 Å². The molecule has 25 heavy (non-hydrogen) atoms. The summed E-state index contributed by atoms with van der Waals surface area (Å²) in [7, 11) is 0. The Morgan fingerprint density at radius 2 is 1.64 bits per heavy atom. The molecular weight excluding hydrogens is 429 g/mol. The second-order valence-electron chi connectivity index (χ2n) is 7.67. The van der Waals surface area contributed by atoms with E-state index in [4.69, 9.17) is 10.5 Å². The Bertz CT molecular complexity index is 660. The summed E-state index contributed by atoms with van der Waals surface area (Å²) in [4.78, 5) is 16.4. The fourth-order valence-electron chi connectivity index (χ4n) is 3.44. The molecule has 5 nitrogen and oxygen atoms in total. The molecule has 140 valence electrons. The van der Waals surface area contributed by atoms with Crippen molar-refractivity contribution < 1.29 is 9.53 Å². The Morgan fingerprint density at radius 1 is 1.08 bits per heavy atom. The molecule has 1 aliphatic rings. The topological polar surface area (TPSA) is 58.8 Å². The van der Waals surface area contributed by atoms with E-state index in [0.717, 1.165) is 13.1 Å². The number of ether oxygens (including phenoxy) is 1. The molecule has 6 heteroatoms. The molecule has 0 radical (unpaired) electrons. The fourth-order valence-corrected chi connectivity index (χ4v) is 4.02. The van der Waals surface area contributed by atoms with Gasteiger partial charge in [-0.3, -0.25) is 0 Å². The minimum atomic E-state index is -0.454. The Hall–Kier alpha value is -1.02. The molecule has 1 fully saturated rings. The van der Waals surface area contributed by atoms with E-state index in [2.05, 4.69) is 48.3 Å². The number of carbonyl (C=O) groups excluding carboxylic acids is 1. The number of benzene rings is 1. The van der Waals surface area contributed by atoms with Gasteiger partial charge in [-0.2, -0.15) is 0 Å². The third kappa shape index (κ3) is 4.39. The molecule has 2 rings (SSSR count). The lowest BCUT2D eigenvalue weighted by Gasteiger charge is -2.38. The number of piperazine rings is 1. The van der Waals surface area contributed by atoms with Gasteiger partial charge in [-0.25, -0.2) is 4.79 Å². The zero-order valence-corrected chi connectivity index (χ0v) is 18.4. The van der Waals surface area contributed by atoms with Crippen LogP contribution in [0.15, 0.2) is 0 Å². The summed E-state index contributed by atoms with van der Waals surface area (Å²) in [5.41, 5.74) is 11.9. The highest BCUT2D eigenvalue weighted by molar-refractivity contribution is 14.1. The number of nitrogens with zero attached hydrogens (tertiary/aromatic N) is 2. The van der Waals surface area contributed by atoms with Crippen molar-refractivity contribution in [3.8, 4) is 0 Å². The van der Waals surface area contributed by atoms with E-state index in [9.17, 15) is 4.79 Å². The molecule has 0 bridgehead atoms. The molecule has 0 unspecified atom stereocenters. The van der Waals surface area contributed by atoms with Crippen molar-refractivity contribution in [3.63, 3.8) is 0 Å². The van der Waals surface area contributed by atoms with Crippen LogP contribution in [0.4, 0.5) is 10.5 Å². The predicted molar refractivity (Wildman–Crippen MR) is 111 cm³/mol. The Morgan fingerprint density at radius 3 is 2.12 bits per heavy atom. The van der Waals surface area contributed by atoms with Gasteiger partial charge in [0.1, 0.15) is 5.60 Å². The molecule has 0 saturated carbocycles. The monoisotopic (exact) mass is 459 g/mol. The van der Waals surface area contributed by atoms with Gasteiger partial charge in [-0.1, -0.05) is 0 Å². The van der Waals surface area contributed by atoms with E-state index in [1.54, 1.807) is 4.90 Å². The van der Waals surface area contributed by atoms with Crippen LogP contribution in [-0.4, -0.2) is 42.8 Å². The molecule has 1 aromatic carbocycles. The summed E-state index contributed by atoms with van der Waals surface area (Å²) in [5.74, 6) is 0. The van der Waals surface area contributed by atoms with Gasteiger partial charge in [0.15, 0.2) is 0 Å². The van der Waals surface area contributed by atoms with Gasteiger partial charge in [0.2, 0.25) is 0 Å². The minimum Gasteiger partial charge on any atom is -0.444 e. The van der Waals surface area contributed by atoms with Crippen LogP contribution in [0.1, 0.15) is 43.0 Å². The van der Waals surface area contributed by atoms with Crippen LogP contribution in [0, 0.1) is 24.3 Å². The van der Waals surface area contributed by atoms with Crippen LogP contribution < -0.4 is 10.6 Å². The highest BCUT2D eigenvalue weighted by atomic mass is 127. The first-order valence-corrected chi connectivity index (χ1v) is 9.85. The quantitative estimate of drug-likeness (QED) is 0.685. The van der Waals surface area contributed by atoms with E-state index in [1.807, 2.05) is 20.8 Å². The van der Waals surface area contributed by atoms with Crippen LogP contribution in [0.5, 0.6) is 0 Å². The molecule has 2 N–H and O–H groups in total. The third-order valence-electron chi connectivity index (χ3n) is 4.73. The SMILES string of the molecule is Cc1c(I)c(C)c(N2CCN(C(=O)OC(C)(C)C)CC2)c(C)c1CN. The van der Waals surface area contributed by atoms with Crippen LogP contribution in [0.3, 0.4) is 0 Å². The van der Waals surface area contributed by atoms with Crippen molar-refractivity contribution in [1.29, 1.82) is 0 Å². The summed E-state index contributed by atoms with van der Waals surface area (Å²) in [6.45, 7) is 15.7. The summed E-state index contributed by atoms with van der Waals surface area (Å²) in [5, 5.41) is 0. The Labute approximate surface area is 165 Å².